The maximum absolute atomic E-state index is 12.4. The highest BCUT2D eigenvalue weighted by Gasteiger charge is 2.12. The number of hydrogen-bond donors (Lipinski definition) is 1. The van der Waals surface area contributed by atoms with Crippen molar-refractivity contribution < 1.29 is 14.3 Å². The number of methoxy groups -OCH3 is 2. The molecule has 0 saturated heterocycles. The quantitative estimate of drug-likeness (QED) is 0.761. The molecule has 134 valence electrons. The Labute approximate surface area is 149 Å². The zero-order chi connectivity index (χ0) is 18.1. The summed E-state index contributed by atoms with van der Waals surface area (Å²) < 4.78 is 10.5. The summed E-state index contributed by atoms with van der Waals surface area (Å²) in [5, 5.41) is 3.20. The number of hydrogen-bond acceptors (Lipinski definition) is 4. The van der Waals surface area contributed by atoms with Crippen LogP contribution in [0, 0.1) is 0 Å². The molecule has 0 aliphatic carbocycles. The highest BCUT2D eigenvalue weighted by atomic mass is 16.5. The van der Waals surface area contributed by atoms with Crippen LogP contribution in [0.5, 0.6) is 11.5 Å². The molecule has 0 heterocycles. The minimum Gasteiger partial charge on any atom is -0.493 e. The first kappa shape index (κ1) is 18.8. The Morgan fingerprint density at radius 2 is 1.72 bits per heavy atom. The summed E-state index contributed by atoms with van der Waals surface area (Å²) in [6, 6.07) is 15.8. The van der Waals surface area contributed by atoms with Crippen LogP contribution >= 0.6 is 0 Å². The van der Waals surface area contributed by atoms with Crippen molar-refractivity contribution in [3.63, 3.8) is 0 Å². The second kappa shape index (κ2) is 9.69. The van der Waals surface area contributed by atoms with Gasteiger partial charge in [-0.05, 0) is 30.2 Å². The number of amides is 1. The number of benzene rings is 2. The fraction of sp³-hybridized carbons (Fsp3) is 0.350. The van der Waals surface area contributed by atoms with Gasteiger partial charge in [0, 0.05) is 19.6 Å². The maximum atomic E-state index is 12.4. The molecule has 0 radical (unpaired) electrons. The Hall–Kier alpha value is -2.53. The molecule has 1 N–H and O–H groups in total. The van der Waals surface area contributed by atoms with Gasteiger partial charge in [-0.3, -0.25) is 4.79 Å². The number of nitrogens with one attached hydrogen (secondary N) is 1. The van der Waals surface area contributed by atoms with Crippen LogP contribution in [0.1, 0.15) is 18.1 Å². The van der Waals surface area contributed by atoms with Crippen LogP contribution in [0.25, 0.3) is 0 Å². The normalized spacial score (nSPS) is 10.4. The lowest BCUT2D eigenvalue weighted by Gasteiger charge is -2.21. The van der Waals surface area contributed by atoms with E-state index in [4.69, 9.17) is 9.47 Å². The van der Waals surface area contributed by atoms with E-state index >= 15 is 0 Å². The monoisotopic (exact) mass is 342 g/mol. The van der Waals surface area contributed by atoms with E-state index in [-0.39, 0.29) is 5.91 Å². The fourth-order valence-corrected chi connectivity index (χ4v) is 2.60. The van der Waals surface area contributed by atoms with Crippen molar-refractivity contribution in [3.8, 4) is 11.5 Å². The van der Waals surface area contributed by atoms with Crippen molar-refractivity contribution in [2.45, 2.75) is 20.0 Å². The molecule has 1 amide bonds. The number of rotatable bonds is 9. The SMILES string of the molecule is CCN(Cc1ccccc1)C(=O)CNCc1ccc(OC)c(OC)c1. The highest BCUT2D eigenvalue weighted by molar-refractivity contribution is 5.78. The van der Waals surface area contributed by atoms with Gasteiger partial charge in [0.15, 0.2) is 11.5 Å². The molecular weight excluding hydrogens is 316 g/mol. The summed E-state index contributed by atoms with van der Waals surface area (Å²) in [5.41, 5.74) is 2.18. The fourth-order valence-electron chi connectivity index (χ4n) is 2.60. The van der Waals surface area contributed by atoms with Crippen LogP contribution < -0.4 is 14.8 Å². The van der Waals surface area contributed by atoms with Crippen LogP contribution in [0.3, 0.4) is 0 Å². The molecular formula is C20H26N2O3. The Balaban J connectivity index is 1.86. The molecule has 0 saturated carbocycles. The number of carbonyl (C=O) groups is 1. The van der Waals surface area contributed by atoms with E-state index in [2.05, 4.69) is 5.32 Å². The lowest BCUT2D eigenvalue weighted by molar-refractivity contribution is -0.130. The van der Waals surface area contributed by atoms with Gasteiger partial charge in [0.2, 0.25) is 5.91 Å². The predicted octanol–water partition coefficient (Wildman–Crippen LogP) is 2.84. The standard InChI is InChI=1S/C20H26N2O3/c1-4-22(15-16-8-6-5-7-9-16)20(23)14-21-13-17-10-11-18(24-2)19(12-17)25-3/h5-12,21H,4,13-15H2,1-3H3. The molecule has 0 aliphatic heterocycles. The van der Waals surface area contributed by atoms with Crippen LogP contribution in [0.4, 0.5) is 0 Å². The van der Waals surface area contributed by atoms with Gasteiger partial charge in [-0.1, -0.05) is 36.4 Å². The minimum atomic E-state index is 0.0897. The van der Waals surface area contributed by atoms with Gasteiger partial charge in [-0.2, -0.15) is 0 Å². The lowest BCUT2D eigenvalue weighted by atomic mass is 10.2. The van der Waals surface area contributed by atoms with Crippen molar-refractivity contribution in [3.05, 3.63) is 59.7 Å². The molecule has 0 bridgehead atoms. The van der Waals surface area contributed by atoms with Gasteiger partial charge in [-0.15, -0.1) is 0 Å². The molecule has 0 aromatic heterocycles. The topological polar surface area (TPSA) is 50.8 Å². The number of likely N-dealkylation sites (N-methyl/N-ethyl adjacent to an activating group) is 1. The zero-order valence-corrected chi connectivity index (χ0v) is 15.1. The lowest BCUT2D eigenvalue weighted by Crippen LogP contribution is -2.37. The molecule has 2 aromatic rings. The summed E-state index contributed by atoms with van der Waals surface area (Å²) in [6.07, 6.45) is 0. The third-order valence-electron chi connectivity index (χ3n) is 4.00. The number of carbonyl (C=O) groups excluding carboxylic acids is 1. The van der Waals surface area contributed by atoms with E-state index in [9.17, 15) is 4.79 Å². The summed E-state index contributed by atoms with van der Waals surface area (Å²) >= 11 is 0. The third kappa shape index (κ3) is 5.50. The first-order chi connectivity index (χ1) is 12.2. The molecule has 5 nitrogen and oxygen atoms in total. The van der Waals surface area contributed by atoms with E-state index in [1.54, 1.807) is 14.2 Å². The average molecular weight is 342 g/mol. The molecule has 0 aliphatic rings. The summed E-state index contributed by atoms with van der Waals surface area (Å²) in [6.45, 7) is 4.21. The van der Waals surface area contributed by atoms with Gasteiger partial charge in [-0.25, -0.2) is 0 Å². The van der Waals surface area contributed by atoms with Crippen molar-refractivity contribution in [2.75, 3.05) is 27.3 Å². The molecule has 0 unspecified atom stereocenters. The Kier molecular flexibility index (Phi) is 7.29. The average Bonchev–Trinajstić information content (AvgIpc) is 2.66. The molecule has 5 heteroatoms. The van der Waals surface area contributed by atoms with Gasteiger partial charge >= 0.3 is 0 Å². The summed E-state index contributed by atoms with van der Waals surface area (Å²) in [7, 11) is 3.22. The van der Waals surface area contributed by atoms with Crippen LogP contribution in [-0.2, 0) is 17.9 Å². The Morgan fingerprint density at radius 3 is 2.36 bits per heavy atom. The number of nitrogens with zero attached hydrogens (tertiary/aromatic N) is 1. The highest BCUT2D eigenvalue weighted by Crippen LogP contribution is 2.27. The van der Waals surface area contributed by atoms with Crippen molar-refractivity contribution >= 4 is 5.91 Å². The third-order valence-corrected chi connectivity index (χ3v) is 4.00. The van der Waals surface area contributed by atoms with Crippen LogP contribution in [0.15, 0.2) is 48.5 Å². The van der Waals surface area contributed by atoms with Crippen molar-refractivity contribution in [1.82, 2.24) is 10.2 Å². The number of ether oxygens (including phenoxy) is 2. The zero-order valence-electron chi connectivity index (χ0n) is 15.1. The second-order valence-electron chi connectivity index (χ2n) is 5.69. The van der Waals surface area contributed by atoms with E-state index in [0.29, 0.717) is 37.7 Å². The van der Waals surface area contributed by atoms with E-state index < -0.39 is 0 Å². The van der Waals surface area contributed by atoms with Gasteiger partial charge in [0.1, 0.15) is 0 Å². The molecule has 2 rings (SSSR count). The molecule has 0 atom stereocenters. The molecule has 0 spiro atoms. The van der Waals surface area contributed by atoms with Crippen LogP contribution in [-0.4, -0.2) is 38.1 Å². The molecule has 0 fully saturated rings. The van der Waals surface area contributed by atoms with Gasteiger partial charge in [0.25, 0.3) is 0 Å². The van der Waals surface area contributed by atoms with E-state index in [0.717, 1.165) is 11.1 Å². The largest absolute Gasteiger partial charge is 0.493 e. The van der Waals surface area contributed by atoms with E-state index in [1.807, 2.05) is 60.4 Å². The van der Waals surface area contributed by atoms with E-state index in [1.165, 1.54) is 0 Å². The maximum Gasteiger partial charge on any atom is 0.236 e. The minimum absolute atomic E-state index is 0.0897. The summed E-state index contributed by atoms with van der Waals surface area (Å²) in [5.74, 6) is 1.47. The Bertz CT molecular complexity index is 674. The first-order valence-electron chi connectivity index (χ1n) is 8.41. The smallest absolute Gasteiger partial charge is 0.236 e. The summed E-state index contributed by atoms with van der Waals surface area (Å²) in [4.78, 5) is 14.3. The van der Waals surface area contributed by atoms with Gasteiger partial charge in [0.05, 0.1) is 20.8 Å². The van der Waals surface area contributed by atoms with Crippen molar-refractivity contribution in [2.24, 2.45) is 0 Å². The second-order valence-corrected chi connectivity index (χ2v) is 5.69. The first-order valence-corrected chi connectivity index (χ1v) is 8.41. The van der Waals surface area contributed by atoms with Crippen LogP contribution in [0.2, 0.25) is 0 Å². The predicted molar refractivity (Wildman–Crippen MR) is 98.8 cm³/mol. The molecule has 25 heavy (non-hydrogen) atoms. The Morgan fingerprint density at radius 1 is 1.00 bits per heavy atom. The van der Waals surface area contributed by atoms with Crippen molar-refractivity contribution in [1.29, 1.82) is 0 Å². The van der Waals surface area contributed by atoms with Gasteiger partial charge < -0.3 is 19.7 Å². The molecule has 2 aromatic carbocycles.